The number of hydrogen-bond donors (Lipinski definition) is 2. The van der Waals surface area contributed by atoms with Gasteiger partial charge < -0.3 is 4.90 Å². The van der Waals surface area contributed by atoms with E-state index in [1.807, 2.05) is 4.90 Å². The zero-order valence-electron chi connectivity index (χ0n) is 9.70. The fraction of sp³-hybridized carbons (Fsp3) is 0.600. The first-order valence-electron chi connectivity index (χ1n) is 5.48. The maximum absolute atomic E-state index is 11.6. The molecule has 1 amide bonds. The van der Waals surface area contributed by atoms with Crippen molar-refractivity contribution in [3.8, 4) is 0 Å². The fourth-order valence-corrected chi connectivity index (χ4v) is 2.26. The first-order valence-corrected chi connectivity index (χ1v) is 6.27. The number of carbonyl (C=O) groups excluding carboxylic acids is 1. The molecular weight excluding hydrogens is 286 g/mol. The largest absolute Gasteiger partial charge is 0.306 e. The van der Waals surface area contributed by atoms with Gasteiger partial charge in [0.25, 0.3) is 5.91 Å². The van der Waals surface area contributed by atoms with Gasteiger partial charge in [-0.25, -0.2) is 4.99 Å². The average Bonchev–Trinajstić information content (AvgIpc) is 2.52. The molecule has 1 unspecified atom stereocenters. The molecule has 1 atom stereocenters. The van der Waals surface area contributed by atoms with Gasteiger partial charge >= 0.3 is 0 Å². The van der Waals surface area contributed by atoms with E-state index in [4.69, 9.17) is 5.41 Å². The molecule has 0 spiro atoms. The summed E-state index contributed by atoms with van der Waals surface area (Å²) in [6, 6.07) is -0.606. The van der Waals surface area contributed by atoms with E-state index in [9.17, 15) is 4.79 Å². The van der Waals surface area contributed by atoms with Crippen molar-refractivity contribution in [1.82, 2.24) is 10.2 Å². The maximum Gasteiger partial charge on any atom is 0.259 e. The second-order valence-electron chi connectivity index (χ2n) is 4.44. The lowest BCUT2D eigenvalue weighted by atomic mass is 10.1. The number of rotatable bonds is 3. The molecule has 2 rings (SSSR count). The van der Waals surface area contributed by atoms with Crippen molar-refractivity contribution in [3.05, 3.63) is 0 Å². The lowest BCUT2D eigenvalue weighted by molar-refractivity contribution is -0.119. The summed E-state index contributed by atoms with van der Waals surface area (Å²) in [4.78, 5) is 21.7. The van der Waals surface area contributed by atoms with Gasteiger partial charge in [0, 0.05) is 6.54 Å². The number of halogens is 1. The third kappa shape index (κ3) is 2.38. The van der Waals surface area contributed by atoms with Crippen LogP contribution in [0.15, 0.2) is 9.98 Å². The zero-order chi connectivity index (χ0) is 12.6. The van der Waals surface area contributed by atoms with Gasteiger partial charge in [-0.1, -0.05) is 13.8 Å². The number of carbonyl (C=O) groups is 1. The van der Waals surface area contributed by atoms with Crippen LogP contribution in [0.4, 0.5) is 0 Å². The van der Waals surface area contributed by atoms with Gasteiger partial charge in [0.1, 0.15) is 5.84 Å². The van der Waals surface area contributed by atoms with Crippen molar-refractivity contribution in [3.63, 3.8) is 0 Å². The van der Waals surface area contributed by atoms with Gasteiger partial charge in [0.05, 0.1) is 0 Å². The number of guanidine groups is 1. The molecule has 2 aliphatic heterocycles. The molecule has 0 fully saturated rings. The fourth-order valence-electron chi connectivity index (χ4n) is 1.70. The summed E-state index contributed by atoms with van der Waals surface area (Å²) in [5, 5.41) is 9.79. The SMILES string of the molecule is CC(C)CCN1C(Br)=NC2C(=O)NC(=N)N=C21. The molecule has 7 heteroatoms. The highest BCUT2D eigenvalue weighted by Crippen LogP contribution is 2.20. The van der Waals surface area contributed by atoms with Crippen LogP contribution in [0.5, 0.6) is 0 Å². The van der Waals surface area contributed by atoms with Crippen molar-refractivity contribution in [2.24, 2.45) is 15.9 Å². The molecule has 2 N–H and O–H groups in total. The van der Waals surface area contributed by atoms with E-state index in [0.717, 1.165) is 13.0 Å². The van der Waals surface area contributed by atoms with Crippen molar-refractivity contribution in [2.75, 3.05) is 6.54 Å². The number of fused-ring (bicyclic) bond motifs is 1. The molecule has 0 radical (unpaired) electrons. The normalized spacial score (nSPS) is 23.5. The summed E-state index contributed by atoms with van der Waals surface area (Å²) in [6.45, 7) is 5.02. The van der Waals surface area contributed by atoms with Crippen LogP contribution in [0.1, 0.15) is 20.3 Å². The van der Waals surface area contributed by atoms with Crippen LogP contribution >= 0.6 is 15.9 Å². The van der Waals surface area contributed by atoms with E-state index >= 15 is 0 Å². The van der Waals surface area contributed by atoms with Gasteiger partial charge in [0.2, 0.25) is 5.96 Å². The van der Waals surface area contributed by atoms with Crippen LogP contribution in [0.25, 0.3) is 0 Å². The Morgan fingerprint density at radius 1 is 1.59 bits per heavy atom. The Balaban J connectivity index is 2.20. The predicted molar refractivity (Wildman–Crippen MR) is 69.6 cm³/mol. The van der Waals surface area contributed by atoms with Crippen molar-refractivity contribution >= 4 is 38.4 Å². The Morgan fingerprint density at radius 3 is 2.94 bits per heavy atom. The number of nitrogens with one attached hydrogen (secondary N) is 2. The quantitative estimate of drug-likeness (QED) is 0.760. The van der Waals surface area contributed by atoms with Crippen LogP contribution in [-0.4, -0.2) is 39.9 Å². The predicted octanol–water partition coefficient (Wildman–Crippen LogP) is 0.931. The highest BCUT2D eigenvalue weighted by molar-refractivity contribution is 9.18. The highest BCUT2D eigenvalue weighted by atomic mass is 79.9. The van der Waals surface area contributed by atoms with Crippen molar-refractivity contribution in [2.45, 2.75) is 26.3 Å². The molecule has 2 aliphatic rings. The molecule has 0 aromatic heterocycles. The summed E-state index contributed by atoms with van der Waals surface area (Å²) < 4.78 is 0.617. The summed E-state index contributed by atoms with van der Waals surface area (Å²) in [5.74, 6) is 0.704. The monoisotopic (exact) mass is 299 g/mol. The molecule has 0 saturated heterocycles. The molecule has 92 valence electrons. The van der Waals surface area contributed by atoms with E-state index < -0.39 is 6.04 Å². The van der Waals surface area contributed by atoms with Crippen LogP contribution < -0.4 is 5.32 Å². The number of hydrogen-bond acceptors (Lipinski definition) is 4. The molecule has 0 aliphatic carbocycles. The Labute approximate surface area is 108 Å². The highest BCUT2D eigenvalue weighted by Gasteiger charge is 2.39. The molecule has 0 aromatic rings. The Hall–Kier alpha value is -1.24. The van der Waals surface area contributed by atoms with E-state index in [-0.39, 0.29) is 11.9 Å². The number of nitrogens with zero attached hydrogens (tertiary/aromatic N) is 3. The van der Waals surface area contributed by atoms with E-state index in [1.165, 1.54) is 0 Å². The minimum Gasteiger partial charge on any atom is -0.306 e. The molecule has 0 bridgehead atoms. The van der Waals surface area contributed by atoms with Crippen LogP contribution in [-0.2, 0) is 4.79 Å². The molecule has 17 heavy (non-hydrogen) atoms. The minimum absolute atomic E-state index is 0.117. The zero-order valence-corrected chi connectivity index (χ0v) is 11.3. The standard InChI is InChI=1S/C10H14BrN5O/c1-5(2)3-4-16-7-6(13-9(16)11)8(17)15-10(12)14-7/h5-6H,3-4H2,1-2H3,(H2,12,15,17). The van der Waals surface area contributed by atoms with Gasteiger partial charge in [-0.15, -0.1) is 0 Å². The van der Waals surface area contributed by atoms with Crippen LogP contribution in [0.3, 0.4) is 0 Å². The summed E-state index contributed by atoms with van der Waals surface area (Å²) in [7, 11) is 0. The minimum atomic E-state index is -0.606. The summed E-state index contributed by atoms with van der Waals surface area (Å²) >= 11 is 3.34. The van der Waals surface area contributed by atoms with Crippen LogP contribution in [0.2, 0.25) is 0 Å². The molecule has 0 saturated carbocycles. The second kappa shape index (κ2) is 4.56. The summed E-state index contributed by atoms with van der Waals surface area (Å²) in [5.41, 5.74) is 0. The Bertz CT molecular complexity index is 428. The lowest BCUT2D eigenvalue weighted by Gasteiger charge is -2.23. The third-order valence-corrected chi connectivity index (χ3v) is 3.26. The topological polar surface area (TPSA) is 80.9 Å². The molecule has 6 nitrogen and oxygen atoms in total. The number of amidine groups is 2. The van der Waals surface area contributed by atoms with Crippen molar-refractivity contribution < 1.29 is 4.79 Å². The summed E-state index contributed by atoms with van der Waals surface area (Å²) in [6.07, 6.45) is 0.977. The van der Waals surface area contributed by atoms with Crippen LogP contribution in [0, 0.1) is 11.3 Å². The smallest absolute Gasteiger partial charge is 0.259 e. The second-order valence-corrected chi connectivity index (χ2v) is 5.15. The number of aliphatic imine (C=N–C) groups is 2. The van der Waals surface area contributed by atoms with Crippen molar-refractivity contribution in [1.29, 1.82) is 5.41 Å². The molecule has 2 heterocycles. The third-order valence-electron chi connectivity index (χ3n) is 2.63. The average molecular weight is 300 g/mol. The molecular formula is C10H14BrN5O. The first kappa shape index (κ1) is 12.2. The Kier molecular flexibility index (Phi) is 3.28. The van der Waals surface area contributed by atoms with E-state index in [1.54, 1.807) is 0 Å². The first-order chi connectivity index (χ1) is 7.99. The Morgan fingerprint density at radius 2 is 2.29 bits per heavy atom. The van der Waals surface area contributed by atoms with E-state index in [0.29, 0.717) is 16.5 Å². The van der Waals surface area contributed by atoms with Gasteiger partial charge in [-0.05, 0) is 28.3 Å². The number of amides is 1. The van der Waals surface area contributed by atoms with Gasteiger partial charge in [-0.2, -0.15) is 4.99 Å². The van der Waals surface area contributed by atoms with Gasteiger partial charge in [0.15, 0.2) is 10.8 Å². The van der Waals surface area contributed by atoms with Gasteiger partial charge in [-0.3, -0.25) is 15.5 Å². The molecule has 0 aromatic carbocycles. The lowest BCUT2D eigenvalue weighted by Crippen LogP contribution is -2.49. The van der Waals surface area contributed by atoms with E-state index in [2.05, 4.69) is 45.1 Å². The maximum atomic E-state index is 11.6.